The van der Waals surface area contributed by atoms with Crippen LogP contribution in [0.2, 0.25) is 0 Å². The summed E-state index contributed by atoms with van der Waals surface area (Å²) in [5.74, 6) is 1.07. The number of ether oxygens (including phenoxy) is 1. The second-order valence-corrected chi connectivity index (χ2v) is 14.7. The van der Waals surface area contributed by atoms with E-state index in [9.17, 15) is 0 Å². The van der Waals surface area contributed by atoms with Crippen molar-refractivity contribution in [2.75, 3.05) is 0 Å². The van der Waals surface area contributed by atoms with Gasteiger partial charge in [0.05, 0.1) is 0 Å². The van der Waals surface area contributed by atoms with Gasteiger partial charge in [0.2, 0.25) is 0 Å². The van der Waals surface area contributed by atoms with E-state index in [0.717, 1.165) is 18.6 Å². The zero-order valence-electron chi connectivity index (χ0n) is 28.1. The molecule has 0 aromatic heterocycles. The standard InChI is InChI=1S/C48H38O/c1-47-26-12-13-27-48(47,2)49-44-25-20-34(28-43(44)47)42-30-41(33-18-10-5-11-19-33)37-22-21-35-39(31-14-6-3-7-15-31)29-40(32-16-8-4-9-17-32)36-23-24-38(42)46(37)45(35)36/h3-11,14-25,28-30H,12-13,26-27H2,1-2H3. The first kappa shape index (κ1) is 28.6. The Labute approximate surface area is 288 Å². The summed E-state index contributed by atoms with van der Waals surface area (Å²) in [4.78, 5) is 0. The maximum absolute atomic E-state index is 6.78. The molecule has 0 spiro atoms. The highest BCUT2D eigenvalue weighted by molar-refractivity contribution is 6.31. The summed E-state index contributed by atoms with van der Waals surface area (Å²) < 4.78 is 6.78. The summed E-state index contributed by atoms with van der Waals surface area (Å²) >= 11 is 0. The Balaban J connectivity index is 1.33. The van der Waals surface area contributed by atoms with Gasteiger partial charge in [-0.3, -0.25) is 0 Å². The van der Waals surface area contributed by atoms with Gasteiger partial charge in [-0.05, 0) is 127 Å². The van der Waals surface area contributed by atoms with Crippen LogP contribution in [0, 0.1) is 0 Å². The van der Waals surface area contributed by atoms with Gasteiger partial charge in [-0.1, -0.05) is 135 Å². The molecule has 1 aliphatic carbocycles. The van der Waals surface area contributed by atoms with Crippen LogP contribution in [0.4, 0.5) is 0 Å². The highest BCUT2D eigenvalue weighted by atomic mass is 16.5. The van der Waals surface area contributed by atoms with Crippen LogP contribution in [0.15, 0.2) is 146 Å². The lowest BCUT2D eigenvalue weighted by molar-refractivity contribution is 0.00740. The van der Waals surface area contributed by atoms with Crippen molar-refractivity contribution in [2.24, 2.45) is 0 Å². The molecule has 1 heteroatoms. The molecule has 0 N–H and O–H groups in total. The minimum Gasteiger partial charge on any atom is -0.486 e. The maximum atomic E-state index is 6.78. The molecule has 2 aliphatic rings. The summed E-state index contributed by atoms with van der Waals surface area (Å²) in [5, 5.41) is 7.86. The second kappa shape index (κ2) is 10.5. The van der Waals surface area contributed by atoms with Gasteiger partial charge >= 0.3 is 0 Å². The number of rotatable bonds is 4. The van der Waals surface area contributed by atoms with Crippen LogP contribution < -0.4 is 4.74 Å². The summed E-state index contributed by atoms with van der Waals surface area (Å²) in [6, 6.07) is 54.1. The molecule has 1 heterocycles. The SMILES string of the molecule is CC12CCCCC1(C)c1cc(-c3cc(-c4ccccc4)c4ccc5c(-c6ccccc6)cc(-c6ccccc6)c6ccc3c4c56)ccc1O2. The lowest BCUT2D eigenvalue weighted by Crippen LogP contribution is -2.49. The van der Waals surface area contributed by atoms with E-state index in [1.807, 2.05) is 0 Å². The lowest BCUT2D eigenvalue weighted by atomic mass is 9.63. The topological polar surface area (TPSA) is 9.23 Å². The summed E-state index contributed by atoms with van der Waals surface area (Å²) in [6.45, 7) is 4.78. The zero-order valence-corrected chi connectivity index (χ0v) is 28.1. The molecule has 49 heavy (non-hydrogen) atoms. The van der Waals surface area contributed by atoms with Crippen LogP contribution >= 0.6 is 0 Å². The van der Waals surface area contributed by atoms with E-state index >= 15 is 0 Å². The van der Waals surface area contributed by atoms with Gasteiger partial charge in [-0.2, -0.15) is 0 Å². The second-order valence-electron chi connectivity index (χ2n) is 14.7. The zero-order chi connectivity index (χ0) is 32.7. The average molecular weight is 631 g/mol. The molecule has 1 aliphatic heterocycles. The first-order valence-electron chi connectivity index (χ1n) is 17.8. The lowest BCUT2D eigenvalue weighted by Gasteiger charge is -2.43. The predicted octanol–water partition coefficient (Wildman–Crippen LogP) is 13.2. The van der Waals surface area contributed by atoms with Crippen LogP contribution in [0.3, 0.4) is 0 Å². The first-order valence-corrected chi connectivity index (χ1v) is 17.8. The van der Waals surface area contributed by atoms with Gasteiger partial charge < -0.3 is 4.74 Å². The van der Waals surface area contributed by atoms with Crippen LogP contribution in [-0.4, -0.2) is 5.60 Å². The Kier molecular flexibility index (Phi) is 6.16. The van der Waals surface area contributed by atoms with Gasteiger partial charge in [-0.25, -0.2) is 0 Å². The molecule has 8 aromatic rings. The molecule has 236 valence electrons. The predicted molar refractivity (Wildman–Crippen MR) is 207 cm³/mol. The first-order chi connectivity index (χ1) is 24.0. The Morgan fingerprint density at radius 2 is 0.857 bits per heavy atom. The quantitative estimate of drug-likeness (QED) is 0.176. The van der Waals surface area contributed by atoms with E-state index in [4.69, 9.17) is 4.74 Å². The molecule has 0 amide bonds. The minimum atomic E-state index is -0.147. The molecule has 2 atom stereocenters. The van der Waals surface area contributed by atoms with Crippen molar-refractivity contribution < 1.29 is 4.74 Å². The molecule has 8 aromatic carbocycles. The molecule has 10 rings (SSSR count). The van der Waals surface area contributed by atoms with E-state index in [1.165, 1.54) is 95.2 Å². The summed E-state index contributed by atoms with van der Waals surface area (Å²) in [7, 11) is 0. The van der Waals surface area contributed by atoms with E-state index < -0.39 is 0 Å². The van der Waals surface area contributed by atoms with Crippen molar-refractivity contribution in [1.29, 1.82) is 0 Å². The molecule has 2 unspecified atom stereocenters. The molecule has 0 radical (unpaired) electrons. The van der Waals surface area contributed by atoms with Gasteiger partial charge in [0.15, 0.2) is 0 Å². The fraction of sp³-hybridized carbons (Fsp3) is 0.167. The third-order valence-electron chi connectivity index (χ3n) is 12.1. The maximum Gasteiger partial charge on any atom is 0.124 e. The Morgan fingerprint density at radius 1 is 0.429 bits per heavy atom. The van der Waals surface area contributed by atoms with Crippen LogP contribution in [0.5, 0.6) is 5.75 Å². The smallest absolute Gasteiger partial charge is 0.124 e. The van der Waals surface area contributed by atoms with Crippen LogP contribution in [0.25, 0.3) is 76.8 Å². The van der Waals surface area contributed by atoms with Crippen molar-refractivity contribution in [3.63, 3.8) is 0 Å². The number of hydrogen-bond donors (Lipinski definition) is 0. The van der Waals surface area contributed by atoms with Crippen LogP contribution in [-0.2, 0) is 5.41 Å². The van der Waals surface area contributed by atoms with Crippen molar-refractivity contribution in [1.82, 2.24) is 0 Å². The molecule has 1 fully saturated rings. The fourth-order valence-electron chi connectivity index (χ4n) is 9.33. The Hall–Kier alpha value is -5.40. The van der Waals surface area contributed by atoms with Crippen molar-refractivity contribution in [3.8, 4) is 50.3 Å². The fourth-order valence-corrected chi connectivity index (χ4v) is 9.33. The highest BCUT2D eigenvalue weighted by Gasteiger charge is 2.55. The molecular formula is C48H38O. The van der Waals surface area contributed by atoms with Crippen LogP contribution in [0.1, 0.15) is 45.1 Å². The van der Waals surface area contributed by atoms with Gasteiger partial charge in [0.1, 0.15) is 11.4 Å². The number of hydrogen-bond acceptors (Lipinski definition) is 1. The molecule has 0 bridgehead atoms. The van der Waals surface area contributed by atoms with Crippen molar-refractivity contribution in [2.45, 2.75) is 50.5 Å². The molecule has 1 saturated carbocycles. The third kappa shape index (κ3) is 4.12. The summed E-state index contributed by atoms with van der Waals surface area (Å²) in [5.41, 5.74) is 11.3. The third-order valence-corrected chi connectivity index (χ3v) is 12.1. The summed E-state index contributed by atoms with van der Waals surface area (Å²) in [6.07, 6.45) is 4.76. The Morgan fingerprint density at radius 3 is 1.33 bits per heavy atom. The highest BCUT2D eigenvalue weighted by Crippen LogP contribution is 2.57. The van der Waals surface area contributed by atoms with E-state index in [-0.39, 0.29) is 11.0 Å². The number of benzene rings is 8. The van der Waals surface area contributed by atoms with E-state index in [1.54, 1.807) is 0 Å². The van der Waals surface area contributed by atoms with Crippen molar-refractivity contribution >= 4 is 32.3 Å². The normalized spacial score (nSPS) is 20.0. The molecule has 0 saturated heterocycles. The monoisotopic (exact) mass is 630 g/mol. The van der Waals surface area contributed by atoms with Gasteiger partial charge in [0.25, 0.3) is 0 Å². The van der Waals surface area contributed by atoms with E-state index in [2.05, 4.69) is 159 Å². The number of fused-ring (bicyclic) bond motifs is 3. The minimum absolute atomic E-state index is 0.0117. The molecular weight excluding hydrogens is 593 g/mol. The van der Waals surface area contributed by atoms with Crippen molar-refractivity contribution in [3.05, 3.63) is 151 Å². The largest absolute Gasteiger partial charge is 0.486 e. The van der Waals surface area contributed by atoms with Gasteiger partial charge in [0, 0.05) is 11.0 Å². The van der Waals surface area contributed by atoms with Gasteiger partial charge in [-0.15, -0.1) is 0 Å². The van der Waals surface area contributed by atoms with E-state index in [0.29, 0.717) is 0 Å². The Bertz CT molecular complexity index is 2470. The molecule has 1 nitrogen and oxygen atoms in total. The average Bonchev–Trinajstić information content (AvgIpc) is 3.40.